The molecule has 1 aromatic heterocycles. The monoisotopic (exact) mass is 568 g/mol. The standard InChI is InChI=1S/C30H31F3N4O4/c31-30(32,33)41-25-9-5-20(6-10-25)26-18-34-27(17-23(26)19-36-13-1-2-14-36)35-28(38)21-3-7-24(8-4-21)37-15-11-22(12-16-37)29(39)40/h3-10,17-18,22H,1-2,11-16,19H2,(H,39,40)(H,34,35,38). The number of nitrogens with zero attached hydrogens (tertiary/aromatic N) is 3. The van der Waals surface area contributed by atoms with Crippen LogP contribution in [0.1, 0.15) is 41.6 Å². The molecule has 2 aliphatic heterocycles. The number of likely N-dealkylation sites (tertiary alicyclic amines) is 1. The molecule has 0 radical (unpaired) electrons. The van der Waals surface area contributed by atoms with Crippen molar-refractivity contribution in [2.24, 2.45) is 5.92 Å². The lowest BCUT2D eigenvalue weighted by Crippen LogP contribution is -2.36. The number of carbonyl (C=O) groups is 2. The highest BCUT2D eigenvalue weighted by Crippen LogP contribution is 2.31. The molecule has 8 nitrogen and oxygen atoms in total. The number of ether oxygens (including phenoxy) is 1. The van der Waals surface area contributed by atoms with Crippen molar-refractivity contribution in [1.29, 1.82) is 0 Å². The van der Waals surface area contributed by atoms with Crippen LogP contribution in [0.5, 0.6) is 5.75 Å². The number of amides is 1. The summed E-state index contributed by atoms with van der Waals surface area (Å²) in [7, 11) is 0. The first kappa shape index (κ1) is 28.4. The predicted molar refractivity (Wildman–Crippen MR) is 148 cm³/mol. The molecule has 0 bridgehead atoms. The van der Waals surface area contributed by atoms with E-state index in [0.29, 0.717) is 49.4 Å². The van der Waals surface area contributed by atoms with E-state index in [1.165, 1.54) is 12.1 Å². The number of carbonyl (C=O) groups excluding carboxylic acids is 1. The van der Waals surface area contributed by atoms with Crippen molar-refractivity contribution in [3.8, 4) is 16.9 Å². The Morgan fingerprint density at radius 1 is 0.976 bits per heavy atom. The molecule has 0 unspecified atom stereocenters. The van der Waals surface area contributed by atoms with Gasteiger partial charge in [0.1, 0.15) is 11.6 Å². The summed E-state index contributed by atoms with van der Waals surface area (Å²) in [6.45, 7) is 3.81. The van der Waals surface area contributed by atoms with E-state index < -0.39 is 12.3 Å². The highest BCUT2D eigenvalue weighted by Gasteiger charge is 2.31. The van der Waals surface area contributed by atoms with Crippen LogP contribution in [-0.4, -0.2) is 59.4 Å². The van der Waals surface area contributed by atoms with Gasteiger partial charge in [-0.25, -0.2) is 4.98 Å². The fourth-order valence-corrected chi connectivity index (χ4v) is 5.37. The highest BCUT2D eigenvalue weighted by molar-refractivity contribution is 6.04. The number of halogens is 3. The first-order valence-corrected chi connectivity index (χ1v) is 13.6. The Labute approximate surface area is 235 Å². The van der Waals surface area contributed by atoms with Crippen molar-refractivity contribution >= 4 is 23.4 Å². The van der Waals surface area contributed by atoms with E-state index in [0.717, 1.165) is 42.7 Å². The van der Waals surface area contributed by atoms with Gasteiger partial charge in [0, 0.05) is 42.6 Å². The molecule has 0 aliphatic carbocycles. The Balaban J connectivity index is 1.29. The number of hydrogen-bond donors (Lipinski definition) is 2. The number of aromatic nitrogens is 1. The topological polar surface area (TPSA) is 95.0 Å². The average Bonchev–Trinajstić information content (AvgIpc) is 3.46. The summed E-state index contributed by atoms with van der Waals surface area (Å²) in [5.74, 6) is -1.30. The Bertz CT molecular complexity index is 1370. The minimum atomic E-state index is -4.76. The van der Waals surface area contributed by atoms with Crippen LogP contribution in [0, 0.1) is 5.92 Å². The van der Waals surface area contributed by atoms with Crippen LogP contribution in [0.25, 0.3) is 11.1 Å². The van der Waals surface area contributed by atoms with E-state index in [2.05, 4.69) is 24.8 Å². The molecule has 0 saturated carbocycles. The average molecular weight is 569 g/mol. The third kappa shape index (κ3) is 7.35. The minimum Gasteiger partial charge on any atom is -0.481 e. The second kappa shape index (κ2) is 12.2. The Morgan fingerprint density at radius 2 is 1.63 bits per heavy atom. The molecule has 1 amide bonds. The molecule has 11 heteroatoms. The van der Waals surface area contributed by atoms with E-state index in [4.69, 9.17) is 0 Å². The maximum atomic E-state index is 13.0. The first-order chi connectivity index (χ1) is 19.6. The van der Waals surface area contributed by atoms with Crippen LogP contribution >= 0.6 is 0 Å². The lowest BCUT2D eigenvalue weighted by molar-refractivity contribution is -0.274. The summed E-state index contributed by atoms with van der Waals surface area (Å²) in [5.41, 5.74) is 3.77. The maximum Gasteiger partial charge on any atom is 0.573 e. The number of pyridine rings is 1. The summed E-state index contributed by atoms with van der Waals surface area (Å²) in [6.07, 6.45) is 0.241. The zero-order valence-electron chi connectivity index (χ0n) is 22.4. The zero-order chi connectivity index (χ0) is 29.0. The lowest BCUT2D eigenvalue weighted by Gasteiger charge is -2.32. The number of hydrogen-bond acceptors (Lipinski definition) is 6. The van der Waals surface area contributed by atoms with E-state index in [-0.39, 0.29) is 17.6 Å². The smallest absolute Gasteiger partial charge is 0.481 e. The van der Waals surface area contributed by atoms with Gasteiger partial charge in [0.15, 0.2) is 0 Å². The zero-order valence-corrected chi connectivity index (χ0v) is 22.4. The van der Waals surface area contributed by atoms with Crippen molar-refractivity contribution in [3.05, 3.63) is 71.9 Å². The maximum absolute atomic E-state index is 13.0. The van der Waals surface area contributed by atoms with E-state index in [1.54, 1.807) is 30.5 Å². The molecule has 2 N–H and O–H groups in total. The van der Waals surface area contributed by atoms with Crippen LogP contribution in [0.3, 0.4) is 0 Å². The number of alkyl halides is 3. The van der Waals surface area contributed by atoms with Gasteiger partial charge in [-0.05, 0) is 92.4 Å². The van der Waals surface area contributed by atoms with Gasteiger partial charge in [-0.3, -0.25) is 14.5 Å². The number of nitrogens with one attached hydrogen (secondary N) is 1. The molecule has 216 valence electrons. The van der Waals surface area contributed by atoms with Crippen molar-refractivity contribution < 1.29 is 32.6 Å². The molecule has 3 heterocycles. The SMILES string of the molecule is O=C(Nc1cc(CN2CCCC2)c(-c2ccc(OC(F)(F)F)cc2)cn1)c1ccc(N2CCC(C(=O)O)CC2)cc1. The number of aliphatic carboxylic acids is 1. The number of piperidine rings is 1. The van der Waals surface area contributed by atoms with Crippen LogP contribution in [0.4, 0.5) is 24.7 Å². The van der Waals surface area contributed by atoms with Crippen LogP contribution < -0.4 is 15.0 Å². The van der Waals surface area contributed by atoms with Gasteiger partial charge in [0.2, 0.25) is 0 Å². The molecule has 2 aliphatic rings. The first-order valence-electron chi connectivity index (χ1n) is 13.6. The third-order valence-electron chi connectivity index (χ3n) is 7.56. The van der Waals surface area contributed by atoms with Gasteiger partial charge in [-0.1, -0.05) is 12.1 Å². The number of benzene rings is 2. The van der Waals surface area contributed by atoms with Gasteiger partial charge in [-0.15, -0.1) is 13.2 Å². The Hall–Kier alpha value is -4.12. The molecule has 0 atom stereocenters. The molecule has 5 rings (SSSR count). The molecule has 41 heavy (non-hydrogen) atoms. The summed E-state index contributed by atoms with van der Waals surface area (Å²) in [4.78, 5) is 33.1. The van der Waals surface area contributed by atoms with Crippen molar-refractivity contribution in [2.75, 3.05) is 36.4 Å². The van der Waals surface area contributed by atoms with Gasteiger partial charge >= 0.3 is 12.3 Å². The molecule has 2 fully saturated rings. The fraction of sp³-hybridized carbons (Fsp3) is 0.367. The van der Waals surface area contributed by atoms with Crippen molar-refractivity contribution in [3.63, 3.8) is 0 Å². The van der Waals surface area contributed by atoms with E-state index in [1.807, 2.05) is 18.2 Å². The van der Waals surface area contributed by atoms with Gasteiger partial charge < -0.3 is 20.1 Å². The second-order valence-corrected chi connectivity index (χ2v) is 10.4. The largest absolute Gasteiger partial charge is 0.573 e. The minimum absolute atomic E-state index is 0.296. The van der Waals surface area contributed by atoms with Gasteiger partial charge in [-0.2, -0.15) is 0 Å². The van der Waals surface area contributed by atoms with Crippen LogP contribution in [0.2, 0.25) is 0 Å². The predicted octanol–water partition coefficient (Wildman–Crippen LogP) is 5.80. The van der Waals surface area contributed by atoms with Gasteiger partial charge in [0.25, 0.3) is 5.91 Å². The highest BCUT2D eigenvalue weighted by atomic mass is 19.4. The number of carboxylic acids is 1. The number of anilines is 2. The number of rotatable bonds is 8. The Morgan fingerprint density at radius 3 is 2.24 bits per heavy atom. The molecule has 3 aromatic rings. The molecular weight excluding hydrogens is 537 g/mol. The third-order valence-corrected chi connectivity index (χ3v) is 7.56. The molecule has 2 aromatic carbocycles. The van der Waals surface area contributed by atoms with Crippen molar-refractivity contribution in [1.82, 2.24) is 9.88 Å². The van der Waals surface area contributed by atoms with Crippen LogP contribution in [-0.2, 0) is 11.3 Å². The Kier molecular flexibility index (Phi) is 8.44. The van der Waals surface area contributed by atoms with Crippen LogP contribution in [0.15, 0.2) is 60.8 Å². The normalized spacial score (nSPS) is 16.5. The lowest BCUT2D eigenvalue weighted by atomic mass is 9.96. The van der Waals surface area contributed by atoms with E-state index >= 15 is 0 Å². The number of carboxylic acid groups (broad SMARTS) is 1. The van der Waals surface area contributed by atoms with E-state index in [9.17, 15) is 27.9 Å². The quantitative estimate of drug-likeness (QED) is 0.355. The fourth-order valence-electron chi connectivity index (χ4n) is 5.37. The summed E-state index contributed by atoms with van der Waals surface area (Å²) in [5, 5.41) is 12.1. The second-order valence-electron chi connectivity index (χ2n) is 10.4. The summed E-state index contributed by atoms with van der Waals surface area (Å²) < 4.78 is 41.7. The molecule has 0 spiro atoms. The molecule has 2 saturated heterocycles. The molecular formula is C30H31F3N4O4. The summed E-state index contributed by atoms with van der Waals surface area (Å²) >= 11 is 0. The summed E-state index contributed by atoms with van der Waals surface area (Å²) in [6, 6.07) is 14.7. The van der Waals surface area contributed by atoms with Gasteiger partial charge in [0.05, 0.1) is 5.92 Å². The van der Waals surface area contributed by atoms with Crippen molar-refractivity contribution in [2.45, 2.75) is 38.6 Å².